The number of carboxylic acids is 1. The number of aliphatic carboxylic acids is 1. The van der Waals surface area contributed by atoms with Gasteiger partial charge in [0, 0.05) is 22.5 Å². The average molecular weight is 153 g/mol. The molecule has 0 radical (unpaired) electrons. The van der Waals surface area contributed by atoms with Crippen LogP contribution in [0.15, 0.2) is 0 Å². The van der Waals surface area contributed by atoms with Crippen LogP contribution in [-0.4, -0.2) is 52.9 Å². The molecule has 4 nitrogen and oxygen atoms in total. The molecule has 1 aliphatic rings. The summed E-state index contributed by atoms with van der Waals surface area (Å²) in [5, 5.41) is 10.1. The Bertz CT molecular complexity index is 159. The van der Waals surface area contributed by atoms with Gasteiger partial charge in [-0.3, -0.25) is 0 Å². The van der Waals surface area contributed by atoms with Crippen molar-refractivity contribution in [1.29, 1.82) is 0 Å². The third-order valence-corrected chi connectivity index (χ3v) is 1.48. The Morgan fingerprint density at radius 1 is 1.60 bits per heavy atom. The van der Waals surface area contributed by atoms with Crippen LogP contribution in [0.1, 0.15) is 12.8 Å². The molecule has 0 N–H and O–H groups in total. The van der Waals surface area contributed by atoms with E-state index >= 15 is 0 Å². The first kappa shape index (κ1) is 10.1. The molecule has 5 heteroatoms. The van der Waals surface area contributed by atoms with Gasteiger partial charge in [0.05, 0.1) is 0 Å². The quantitative estimate of drug-likeness (QED) is 0.324. The van der Waals surface area contributed by atoms with Gasteiger partial charge in [0.2, 0.25) is 6.04 Å². The van der Waals surface area contributed by atoms with Crippen molar-refractivity contribution in [2.45, 2.75) is 18.9 Å². The van der Waals surface area contributed by atoms with E-state index in [1.54, 1.807) is 0 Å². The first-order valence-electron chi connectivity index (χ1n) is 2.86. The van der Waals surface area contributed by atoms with Gasteiger partial charge < -0.3 is 9.90 Å². The standard InChI is InChI=1S/C5H7NO3.Na.H/c7-5(8)4-2-1-3-6(4)9;;/h4H,1-3H2;;. The molecule has 0 bridgehead atoms. The Morgan fingerprint density at radius 2 is 2.20 bits per heavy atom. The molecule has 1 unspecified atom stereocenters. The van der Waals surface area contributed by atoms with Crippen LogP contribution in [0.2, 0.25) is 0 Å². The van der Waals surface area contributed by atoms with Crippen LogP contribution in [-0.2, 0) is 4.79 Å². The molecule has 0 saturated carbocycles. The fourth-order valence-corrected chi connectivity index (χ4v) is 0.976. The summed E-state index contributed by atoms with van der Waals surface area (Å²) in [5.41, 5.74) is 0. The summed E-state index contributed by atoms with van der Waals surface area (Å²) in [5.74, 6) is -1.25. The van der Waals surface area contributed by atoms with Gasteiger partial charge in [-0.05, 0) is 0 Å². The number of carbonyl (C=O) groups excluding carboxylic acids is 1. The summed E-state index contributed by atoms with van der Waals surface area (Å²) in [6.45, 7) is 0.332. The maximum absolute atomic E-state index is 10.5. The molecule has 0 aromatic rings. The van der Waals surface area contributed by atoms with Crippen LogP contribution >= 0.6 is 0 Å². The first-order chi connectivity index (χ1) is 4.22. The van der Waals surface area contributed by atoms with E-state index in [1.165, 1.54) is 0 Å². The van der Waals surface area contributed by atoms with Crippen LogP contribution in [0.25, 0.3) is 0 Å². The second-order valence-corrected chi connectivity index (χ2v) is 2.12. The van der Waals surface area contributed by atoms with Crippen LogP contribution in [0.3, 0.4) is 0 Å². The molecule has 0 aromatic carbocycles. The third kappa shape index (κ3) is 2.04. The number of nitroso groups, excluding NO2 is 1. The summed E-state index contributed by atoms with van der Waals surface area (Å²) in [6.07, 6.45) is 1.11. The second kappa shape index (κ2) is 4.05. The molecule has 52 valence electrons. The molecule has 1 rings (SSSR count). The van der Waals surface area contributed by atoms with Crippen molar-refractivity contribution in [3.05, 3.63) is 4.91 Å². The fraction of sp³-hybridized carbons (Fsp3) is 0.800. The fourth-order valence-electron chi connectivity index (χ4n) is 0.976. The second-order valence-electron chi connectivity index (χ2n) is 2.12. The number of hydrogen-bond acceptors (Lipinski definition) is 3. The molecule has 1 atom stereocenters. The van der Waals surface area contributed by atoms with E-state index in [2.05, 4.69) is 0 Å². The monoisotopic (exact) mass is 153 g/mol. The Kier molecular flexibility index (Phi) is 4.08. The number of rotatable bonds is 1. The molecule has 0 aliphatic carbocycles. The maximum atomic E-state index is 10.5. The molecule has 0 spiro atoms. The summed E-state index contributed by atoms with van der Waals surface area (Å²) in [7, 11) is 0. The van der Waals surface area contributed by atoms with Crippen molar-refractivity contribution < 1.29 is 14.7 Å². The van der Waals surface area contributed by atoms with Crippen molar-refractivity contribution in [2.75, 3.05) is 6.54 Å². The molecule has 0 aromatic heterocycles. The summed E-state index contributed by atoms with van der Waals surface area (Å²) in [6, 6.07) is -0.884. The van der Waals surface area contributed by atoms with E-state index in [4.69, 9.17) is 0 Å². The zero-order valence-corrected chi connectivity index (χ0v) is 4.87. The number of carboxylic acid groups (broad SMARTS) is 1. The van der Waals surface area contributed by atoms with Gasteiger partial charge in [0.25, 0.3) is 0 Å². The van der Waals surface area contributed by atoms with E-state index in [-0.39, 0.29) is 29.6 Å². The van der Waals surface area contributed by atoms with E-state index in [0.29, 0.717) is 24.1 Å². The van der Waals surface area contributed by atoms with Gasteiger partial charge in [-0.25, -0.2) is 0 Å². The Morgan fingerprint density at radius 3 is 2.40 bits per heavy atom. The number of nitrogens with zero attached hydrogens (tertiary/aromatic N) is 1. The van der Waals surface area contributed by atoms with Gasteiger partial charge in [0.1, 0.15) is 5.97 Å². The van der Waals surface area contributed by atoms with Crippen LogP contribution in [0, 0.1) is 4.91 Å². The van der Waals surface area contributed by atoms with Crippen molar-refractivity contribution in [3.63, 3.8) is 0 Å². The van der Waals surface area contributed by atoms with E-state index < -0.39 is 12.0 Å². The van der Waals surface area contributed by atoms with Gasteiger partial charge in [-0.1, -0.05) is 0 Å². The Hall–Kier alpha value is 0.0700. The molecule has 10 heavy (non-hydrogen) atoms. The van der Waals surface area contributed by atoms with Crippen LogP contribution < -0.4 is 5.11 Å². The first-order valence-corrected chi connectivity index (χ1v) is 2.86. The van der Waals surface area contributed by atoms with Crippen molar-refractivity contribution in [1.82, 2.24) is 0 Å². The molecular weight excluding hydrogens is 145 g/mol. The summed E-state index contributed by atoms with van der Waals surface area (Å²) in [4.78, 5) is 20.6. The summed E-state index contributed by atoms with van der Waals surface area (Å²) < 4.78 is 0.565. The predicted octanol–water partition coefficient (Wildman–Crippen LogP) is -1.97. The molecule has 1 fully saturated rings. The predicted molar refractivity (Wildman–Crippen MR) is 33.7 cm³/mol. The average Bonchev–Trinajstić information content (AvgIpc) is 2.13. The van der Waals surface area contributed by atoms with Gasteiger partial charge in [0.15, 0.2) is 6.54 Å². The van der Waals surface area contributed by atoms with Gasteiger partial charge in [-0.15, -0.1) is 0 Å². The van der Waals surface area contributed by atoms with Crippen molar-refractivity contribution >= 4 is 35.5 Å². The van der Waals surface area contributed by atoms with Crippen LogP contribution in [0.4, 0.5) is 0 Å². The minimum absolute atomic E-state index is 0. The molecular formula is C5H8NNaO3. The number of carbonyl (C=O) groups is 1. The summed E-state index contributed by atoms with van der Waals surface area (Å²) >= 11 is 0. The van der Waals surface area contributed by atoms with E-state index in [9.17, 15) is 14.8 Å². The minimum atomic E-state index is -1.25. The topological polar surface area (TPSA) is 60.2 Å². The SMILES string of the molecule is O=C([O-])C1CCC[N+]1=O.[NaH]. The molecule has 1 saturated heterocycles. The number of hydrogen-bond donors (Lipinski definition) is 0. The molecule has 0 amide bonds. The third-order valence-electron chi connectivity index (χ3n) is 1.48. The van der Waals surface area contributed by atoms with Gasteiger partial charge >= 0.3 is 29.6 Å². The Balaban J connectivity index is 0.000000810. The van der Waals surface area contributed by atoms with Crippen molar-refractivity contribution in [3.8, 4) is 0 Å². The molecule has 1 heterocycles. The van der Waals surface area contributed by atoms with Gasteiger partial charge in [-0.2, -0.15) is 0 Å². The molecule has 1 aliphatic heterocycles. The van der Waals surface area contributed by atoms with E-state index in [0.717, 1.165) is 0 Å². The Labute approximate surface area is 80.5 Å². The van der Waals surface area contributed by atoms with E-state index in [1.807, 2.05) is 0 Å². The zero-order valence-electron chi connectivity index (χ0n) is 4.87. The zero-order chi connectivity index (χ0) is 6.85. The van der Waals surface area contributed by atoms with Crippen molar-refractivity contribution in [2.24, 2.45) is 0 Å². The van der Waals surface area contributed by atoms with Crippen LogP contribution in [0.5, 0.6) is 0 Å². The normalized spacial score (nSPS) is 24.0.